The number of fused-ring (bicyclic) bond motifs is 1. The lowest BCUT2D eigenvalue weighted by molar-refractivity contribution is 1.16. The van der Waals surface area contributed by atoms with Crippen LogP contribution in [0.3, 0.4) is 0 Å². The summed E-state index contributed by atoms with van der Waals surface area (Å²) < 4.78 is 1.40. The first-order valence-electron chi connectivity index (χ1n) is 3.79. The van der Waals surface area contributed by atoms with Crippen LogP contribution >= 0.6 is 11.3 Å². The molecule has 1 aromatic carbocycles. The SMILES string of the molecule is CCc1cccc2c[c]sc12. The largest absolute Gasteiger partial charge is 0.134 e. The lowest BCUT2D eigenvalue weighted by Gasteiger charge is -1.96. The Morgan fingerprint density at radius 2 is 2.36 bits per heavy atom. The second kappa shape index (κ2) is 2.67. The fourth-order valence-corrected chi connectivity index (χ4v) is 2.17. The van der Waals surface area contributed by atoms with Crippen LogP contribution in [0.4, 0.5) is 0 Å². The van der Waals surface area contributed by atoms with Crippen molar-refractivity contribution in [3.05, 3.63) is 35.2 Å². The number of thiophene rings is 1. The zero-order chi connectivity index (χ0) is 7.68. The molecular formula is C10H9S. The molecule has 0 aliphatic carbocycles. The summed E-state index contributed by atoms with van der Waals surface area (Å²) in [5.74, 6) is 0. The van der Waals surface area contributed by atoms with Crippen molar-refractivity contribution in [2.75, 3.05) is 0 Å². The molecule has 0 aliphatic heterocycles. The summed E-state index contributed by atoms with van der Waals surface area (Å²) >= 11 is 1.71. The molecule has 0 N–H and O–H groups in total. The predicted octanol–water partition coefficient (Wildman–Crippen LogP) is 3.26. The lowest BCUT2D eigenvalue weighted by atomic mass is 10.1. The zero-order valence-corrected chi connectivity index (χ0v) is 7.24. The molecule has 2 rings (SSSR count). The number of aryl methyl sites for hydroxylation is 1. The first kappa shape index (κ1) is 6.86. The molecule has 1 radical (unpaired) electrons. The molecule has 55 valence electrons. The van der Waals surface area contributed by atoms with Gasteiger partial charge in [-0.15, -0.1) is 11.3 Å². The fraction of sp³-hybridized carbons (Fsp3) is 0.200. The highest BCUT2D eigenvalue weighted by Crippen LogP contribution is 2.24. The molecule has 0 aliphatic rings. The summed E-state index contributed by atoms with van der Waals surface area (Å²) in [4.78, 5) is 0. The molecule has 0 atom stereocenters. The second-order valence-corrected chi connectivity index (χ2v) is 3.40. The quantitative estimate of drug-likeness (QED) is 0.602. The molecular weight excluding hydrogens is 152 g/mol. The number of benzene rings is 1. The highest BCUT2D eigenvalue weighted by molar-refractivity contribution is 7.16. The van der Waals surface area contributed by atoms with Gasteiger partial charge < -0.3 is 0 Å². The average molecular weight is 161 g/mol. The standard InChI is InChI=1S/C10H9S/c1-2-8-4-3-5-9-6-7-11-10(8)9/h3-6H,2H2,1H3. The third-order valence-corrected chi connectivity index (χ3v) is 2.82. The summed E-state index contributed by atoms with van der Waals surface area (Å²) in [5, 5.41) is 4.48. The maximum Gasteiger partial charge on any atom is 0.0455 e. The van der Waals surface area contributed by atoms with Crippen molar-refractivity contribution in [3.8, 4) is 0 Å². The third kappa shape index (κ3) is 1.05. The molecule has 0 nitrogen and oxygen atoms in total. The molecule has 0 fully saturated rings. The van der Waals surface area contributed by atoms with Crippen LogP contribution in [0.2, 0.25) is 0 Å². The van der Waals surface area contributed by atoms with Crippen molar-refractivity contribution in [3.63, 3.8) is 0 Å². The van der Waals surface area contributed by atoms with E-state index in [9.17, 15) is 0 Å². The molecule has 0 bridgehead atoms. The van der Waals surface area contributed by atoms with E-state index >= 15 is 0 Å². The maximum atomic E-state index is 3.15. The maximum absolute atomic E-state index is 3.15. The van der Waals surface area contributed by atoms with Gasteiger partial charge in [0.05, 0.1) is 0 Å². The Bertz CT molecular complexity index is 360. The van der Waals surface area contributed by atoms with Crippen LogP contribution in [-0.2, 0) is 6.42 Å². The van der Waals surface area contributed by atoms with Crippen LogP contribution < -0.4 is 0 Å². The minimum absolute atomic E-state index is 1.12. The molecule has 11 heavy (non-hydrogen) atoms. The van der Waals surface area contributed by atoms with Crippen LogP contribution in [-0.4, -0.2) is 0 Å². The summed E-state index contributed by atoms with van der Waals surface area (Å²) in [5.41, 5.74) is 1.44. The Labute approximate surface area is 70.5 Å². The van der Waals surface area contributed by atoms with Gasteiger partial charge in [0.25, 0.3) is 0 Å². The average Bonchev–Trinajstić information content (AvgIpc) is 2.50. The Balaban J connectivity index is 2.79. The molecule has 2 aromatic rings. The number of rotatable bonds is 1. The zero-order valence-electron chi connectivity index (χ0n) is 6.42. The Kier molecular flexibility index (Phi) is 1.66. The topological polar surface area (TPSA) is 0 Å². The lowest BCUT2D eigenvalue weighted by Crippen LogP contribution is -1.77. The molecule has 1 aromatic heterocycles. The van der Waals surface area contributed by atoms with Crippen molar-refractivity contribution in [1.29, 1.82) is 0 Å². The molecule has 0 saturated carbocycles. The van der Waals surface area contributed by atoms with Crippen molar-refractivity contribution in [1.82, 2.24) is 0 Å². The van der Waals surface area contributed by atoms with E-state index in [4.69, 9.17) is 0 Å². The van der Waals surface area contributed by atoms with Gasteiger partial charge in [0.1, 0.15) is 0 Å². The van der Waals surface area contributed by atoms with Gasteiger partial charge in [-0.25, -0.2) is 0 Å². The highest BCUT2D eigenvalue weighted by Gasteiger charge is 1.98. The molecule has 0 spiro atoms. The van der Waals surface area contributed by atoms with Crippen LogP contribution in [0.5, 0.6) is 0 Å². The number of hydrogen-bond donors (Lipinski definition) is 0. The van der Waals surface area contributed by atoms with Gasteiger partial charge in [-0.1, -0.05) is 25.1 Å². The summed E-state index contributed by atoms with van der Waals surface area (Å²) in [6.45, 7) is 2.19. The van der Waals surface area contributed by atoms with Crippen LogP contribution in [0.1, 0.15) is 12.5 Å². The Hall–Kier alpha value is -0.820. The molecule has 0 unspecified atom stereocenters. The van der Waals surface area contributed by atoms with Crippen molar-refractivity contribution < 1.29 is 0 Å². The van der Waals surface area contributed by atoms with Crippen molar-refractivity contribution in [2.45, 2.75) is 13.3 Å². The summed E-state index contributed by atoms with van der Waals surface area (Å²) in [6.07, 6.45) is 1.12. The van der Waals surface area contributed by atoms with E-state index in [0.717, 1.165) is 6.42 Å². The van der Waals surface area contributed by atoms with Crippen LogP contribution in [0.15, 0.2) is 24.3 Å². The first-order valence-corrected chi connectivity index (χ1v) is 4.61. The number of hydrogen-bond acceptors (Lipinski definition) is 1. The highest BCUT2D eigenvalue weighted by atomic mass is 32.1. The smallest absolute Gasteiger partial charge is 0.0455 e. The Morgan fingerprint density at radius 1 is 1.45 bits per heavy atom. The van der Waals surface area contributed by atoms with E-state index in [1.807, 2.05) is 0 Å². The van der Waals surface area contributed by atoms with Gasteiger partial charge in [0.2, 0.25) is 0 Å². The van der Waals surface area contributed by atoms with E-state index in [1.165, 1.54) is 15.6 Å². The van der Waals surface area contributed by atoms with Gasteiger partial charge in [0, 0.05) is 10.1 Å². The van der Waals surface area contributed by atoms with E-state index in [-0.39, 0.29) is 0 Å². The van der Waals surface area contributed by atoms with E-state index in [0.29, 0.717) is 0 Å². The van der Waals surface area contributed by atoms with Gasteiger partial charge in [-0.2, -0.15) is 0 Å². The third-order valence-electron chi connectivity index (χ3n) is 1.88. The normalized spacial score (nSPS) is 10.6. The van der Waals surface area contributed by atoms with Crippen molar-refractivity contribution >= 4 is 21.4 Å². The summed E-state index contributed by atoms with van der Waals surface area (Å²) in [6, 6.07) is 8.50. The van der Waals surface area contributed by atoms with Crippen LogP contribution in [0.25, 0.3) is 10.1 Å². The Morgan fingerprint density at radius 3 is 3.18 bits per heavy atom. The van der Waals surface area contributed by atoms with E-state index < -0.39 is 0 Å². The van der Waals surface area contributed by atoms with Gasteiger partial charge in [0.15, 0.2) is 0 Å². The van der Waals surface area contributed by atoms with Crippen LogP contribution in [0, 0.1) is 5.38 Å². The predicted molar refractivity (Wildman–Crippen MR) is 50.0 cm³/mol. The minimum Gasteiger partial charge on any atom is -0.134 e. The minimum atomic E-state index is 1.12. The molecule has 1 heterocycles. The monoisotopic (exact) mass is 161 g/mol. The van der Waals surface area contributed by atoms with Crippen molar-refractivity contribution in [2.24, 2.45) is 0 Å². The molecule has 0 amide bonds. The molecule has 1 heteroatoms. The first-order chi connectivity index (χ1) is 5.42. The second-order valence-electron chi connectivity index (χ2n) is 2.55. The molecule has 0 saturated heterocycles. The van der Waals surface area contributed by atoms with Gasteiger partial charge in [-0.05, 0) is 23.4 Å². The van der Waals surface area contributed by atoms with E-state index in [1.54, 1.807) is 11.3 Å². The fourth-order valence-electron chi connectivity index (χ4n) is 1.27. The van der Waals surface area contributed by atoms with E-state index in [2.05, 4.69) is 36.6 Å². The summed E-state index contributed by atoms with van der Waals surface area (Å²) in [7, 11) is 0. The van der Waals surface area contributed by atoms with Gasteiger partial charge >= 0.3 is 0 Å². The van der Waals surface area contributed by atoms with Gasteiger partial charge in [-0.3, -0.25) is 0 Å².